The fourth-order valence-electron chi connectivity index (χ4n) is 2.85. The zero-order chi connectivity index (χ0) is 19.3. The van der Waals surface area contributed by atoms with Gasteiger partial charge in [-0.2, -0.15) is 0 Å². The lowest BCUT2D eigenvalue weighted by Gasteiger charge is -2.04. The van der Waals surface area contributed by atoms with Crippen molar-refractivity contribution in [1.29, 1.82) is 0 Å². The maximum atomic E-state index is 12.4. The number of nitro benzene ring substituents is 4. The maximum Gasteiger partial charge on any atom is 0.354 e. The normalized spacial score (nSPS) is 11.6. The van der Waals surface area contributed by atoms with E-state index in [4.69, 9.17) is 0 Å². The highest BCUT2D eigenvalue weighted by atomic mass is 16.6. The molecule has 0 spiro atoms. The lowest BCUT2D eigenvalue weighted by molar-refractivity contribution is -0.423. The van der Waals surface area contributed by atoms with Gasteiger partial charge in [0, 0.05) is 23.3 Å². The van der Waals surface area contributed by atoms with Crippen LogP contribution in [0.5, 0.6) is 0 Å². The first kappa shape index (κ1) is 16.6. The van der Waals surface area contributed by atoms with Crippen molar-refractivity contribution in [3.63, 3.8) is 0 Å². The predicted octanol–water partition coefficient (Wildman–Crippen LogP) is 2.53. The Kier molecular flexibility index (Phi) is 3.42. The quantitative estimate of drug-likeness (QED) is 0.496. The van der Waals surface area contributed by atoms with Gasteiger partial charge in [-0.3, -0.25) is 45.3 Å². The van der Waals surface area contributed by atoms with Crippen molar-refractivity contribution in [1.82, 2.24) is 0 Å². The molecule has 13 heteroatoms. The molecule has 0 radical (unpaired) electrons. The molecular formula is C13H4N4O9. The number of nitrogens with zero attached hydrogens (tertiary/aromatic N) is 4. The monoisotopic (exact) mass is 360 g/mol. The second kappa shape index (κ2) is 5.37. The van der Waals surface area contributed by atoms with Gasteiger partial charge >= 0.3 is 22.7 Å². The number of hydrogen-bond donors (Lipinski definition) is 0. The van der Waals surface area contributed by atoms with Crippen molar-refractivity contribution in [2.45, 2.75) is 0 Å². The van der Waals surface area contributed by atoms with Crippen molar-refractivity contribution in [2.24, 2.45) is 0 Å². The molecule has 0 aromatic heterocycles. The first-order chi connectivity index (χ1) is 12.2. The molecule has 13 nitrogen and oxygen atoms in total. The Morgan fingerprint density at radius 1 is 0.577 bits per heavy atom. The lowest BCUT2D eigenvalue weighted by atomic mass is 10.00. The number of hydrogen-bond acceptors (Lipinski definition) is 9. The Hall–Kier alpha value is -4.29. The van der Waals surface area contributed by atoms with Crippen molar-refractivity contribution < 1.29 is 24.5 Å². The van der Waals surface area contributed by atoms with Crippen LogP contribution in [0.1, 0.15) is 15.9 Å². The van der Waals surface area contributed by atoms with Gasteiger partial charge in [0.25, 0.3) is 0 Å². The Balaban J connectivity index is 2.57. The second-order valence-electron chi connectivity index (χ2n) is 5.07. The molecule has 0 fully saturated rings. The van der Waals surface area contributed by atoms with Crippen LogP contribution in [0.25, 0.3) is 11.1 Å². The Bertz CT molecular complexity index is 992. The SMILES string of the molecule is O=C1c2ccc([N+](=O)[O-])c([N+](=O)[O-])c2-c2c1ccc([N+](=O)[O-])c2[N+](=O)[O-]. The molecule has 0 heterocycles. The van der Waals surface area contributed by atoms with Crippen LogP contribution >= 0.6 is 0 Å². The number of carbonyl (C=O) groups excluding carboxylic acids is 1. The largest absolute Gasteiger partial charge is 0.354 e. The number of fused-ring (bicyclic) bond motifs is 3. The first-order valence-corrected chi connectivity index (χ1v) is 6.63. The third kappa shape index (κ3) is 2.07. The molecule has 1 aliphatic rings. The summed E-state index contributed by atoms with van der Waals surface area (Å²) in [5.41, 5.74) is -6.34. The highest BCUT2D eigenvalue weighted by molar-refractivity contribution is 6.25. The molecule has 0 saturated heterocycles. The molecule has 2 aromatic rings. The third-order valence-corrected chi connectivity index (χ3v) is 3.81. The molecule has 0 amide bonds. The smallest absolute Gasteiger partial charge is 0.289 e. The second-order valence-corrected chi connectivity index (χ2v) is 5.07. The van der Waals surface area contributed by atoms with E-state index in [1.54, 1.807) is 0 Å². The van der Waals surface area contributed by atoms with Crippen LogP contribution in [0.2, 0.25) is 0 Å². The summed E-state index contributed by atoms with van der Waals surface area (Å²) in [6.45, 7) is 0. The minimum absolute atomic E-state index is 0.374. The van der Waals surface area contributed by atoms with Gasteiger partial charge in [0.05, 0.1) is 30.8 Å². The van der Waals surface area contributed by atoms with E-state index in [0.717, 1.165) is 24.3 Å². The summed E-state index contributed by atoms with van der Waals surface area (Å²) in [5, 5.41) is 45.0. The van der Waals surface area contributed by atoms with E-state index in [1.807, 2.05) is 0 Å². The summed E-state index contributed by atoms with van der Waals surface area (Å²) in [5.74, 6) is -0.856. The van der Waals surface area contributed by atoms with Gasteiger partial charge in [-0.15, -0.1) is 0 Å². The van der Waals surface area contributed by atoms with Crippen molar-refractivity contribution >= 4 is 28.5 Å². The fraction of sp³-hybridized carbons (Fsp3) is 0. The van der Waals surface area contributed by atoms with Crippen molar-refractivity contribution in [3.05, 3.63) is 75.8 Å². The molecule has 0 atom stereocenters. The standard InChI is InChI=1S/C13H4N4O9/c18-13-5-1-3-7(14(19)20)11(16(23)24)9(5)10-6(13)2-4-8(15(21)22)12(10)17(25)26/h1-4H. The zero-order valence-electron chi connectivity index (χ0n) is 12.3. The molecule has 0 bridgehead atoms. The van der Waals surface area contributed by atoms with Gasteiger partial charge in [-0.1, -0.05) is 0 Å². The summed E-state index contributed by atoms with van der Waals surface area (Å²) in [6.07, 6.45) is 0. The summed E-state index contributed by atoms with van der Waals surface area (Å²) in [7, 11) is 0. The highest BCUT2D eigenvalue weighted by Crippen LogP contribution is 2.52. The minimum Gasteiger partial charge on any atom is -0.289 e. The topological polar surface area (TPSA) is 190 Å². The van der Waals surface area contributed by atoms with Gasteiger partial charge in [-0.05, 0) is 12.1 Å². The molecule has 0 unspecified atom stereocenters. The molecule has 26 heavy (non-hydrogen) atoms. The Morgan fingerprint density at radius 3 is 1.19 bits per heavy atom. The van der Waals surface area contributed by atoms with E-state index in [9.17, 15) is 45.3 Å². The van der Waals surface area contributed by atoms with E-state index in [1.165, 1.54) is 0 Å². The van der Waals surface area contributed by atoms with E-state index >= 15 is 0 Å². The summed E-state index contributed by atoms with van der Waals surface area (Å²) < 4.78 is 0. The Labute approximate surface area is 141 Å². The van der Waals surface area contributed by atoms with Gasteiger partial charge in [0.2, 0.25) is 0 Å². The number of ketones is 1. The van der Waals surface area contributed by atoms with Gasteiger partial charge in [-0.25, -0.2) is 0 Å². The summed E-state index contributed by atoms with van der Waals surface area (Å²) in [4.78, 5) is 52.9. The molecule has 0 aliphatic heterocycles. The van der Waals surface area contributed by atoms with Gasteiger partial charge in [0.15, 0.2) is 5.78 Å². The number of rotatable bonds is 4. The van der Waals surface area contributed by atoms with Crippen LogP contribution < -0.4 is 0 Å². The first-order valence-electron chi connectivity index (χ1n) is 6.63. The molecule has 0 N–H and O–H groups in total. The van der Waals surface area contributed by atoms with Crippen molar-refractivity contribution in [3.8, 4) is 11.1 Å². The third-order valence-electron chi connectivity index (χ3n) is 3.81. The molecule has 130 valence electrons. The van der Waals surface area contributed by atoms with Crippen LogP contribution in [0.15, 0.2) is 24.3 Å². The summed E-state index contributed by atoms with van der Waals surface area (Å²) in [6, 6.07) is 3.33. The zero-order valence-corrected chi connectivity index (χ0v) is 12.3. The lowest BCUT2D eigenvalue weighted by Crippen LogP contribution is -2.02. The van der Waals surface area contributed by atoms with E-state index in [-0.39, 0.29) is 11.1 Å². The molecule has 3 rings (SSSR count). The summed E-state index contributed by atoms with van der Waals surface area (Å²) >= 11 is 0. The molecule has 1 aliphatic carbocycles. The predicted molar refractivity (Wildman–Crippen MR) is 81.9 cm³/mol. The average Bonchev–Trinajstić information content (AvgIpc) is 2.85. The minimum atomic E-state index is -1.15. The van der Waals surface area contributed by atoms with Crippen LogP contribution in [0, 0.1) is 40.5 Å². The Morgan fingerprint density at radius 2 is 0.923 bits per heavy atom. The average molecular weight is 360 g/mol. The van der Waals surface area contributed by atoms with Gasteiger partial charge < -0.3 is 0 Å². The molecule has 2 aromatic carbocycles. The van der Waals surface area contributed by atoms with Gasteiger partial charge in [0.1, 0.15) is 0 Å². The maximum absolute atomic E-state index is 12.4. The van der Waals surface area contributed by atoms with E-state index < -0.39 is 59.4 Å². The number of benzene rings is 2. The number of nitro groups is 4. The van der Waals surface area contributed by atoms with E-state index in [0.29, 0.717) is 0 Å². The van der Waals surface area contributed by atoms with Crippen LogP contribution in [-0.2, 0) is 0 Å². The van der Waals surface area contributed by atoms with Crippen LogP contribution in [0.4, 0.5) is 22.7 Å². The van der Waals surface area contributed by atoms with Crippen LogP contribution in [0.3, 0.4) is 0 Å². The van der Waals surface area contributed by atoms with E-state index in [2.05, 4.69) is 0 Å². The van der Waals surface area contributed by atoms with Crippen LogP contribution in [-0.4, -0.2) is 25.5 Å². The highest BCUT2D eigenvalue weighted by Gasteiger charge is 2.45. The molecular weight excluding hydrogens is 356 g/mol. The fourth-order valence-corrected chi connectivity index (χ4v) is 2.85. The van der Waals surface area contributed by atoms with Crippen molar-refractivity contribution in [2.75, 3.05) is 0 Å². The number of carbonyl (C=O) groups is 1. The molecule has 0 saturated carbocycles.